The molecule has 2 aromatic rings. The molecule has 2 aromatic carbocycles. The molecule has 2 aliphatic rings. The van der Waals surface area contributed by atoms with Crippen molar-refractivity contribution in [2.24, 2.45) is 0 Å². The van der Waals surface area contributed by atoms with Gasteiger partial charge in [-0.3, -0.25) is 9.59 Å². The van der Waals surface area contributed by atoms with Crippen LogP contribution in [0.5, 0.6) is 0 Å². The van der Waals surface area contributed by atoms with Crippen LogP contribution in [0.1, 0.15) is 30.0 Å². The van der Waals surface area contributed by atoms with Crippen molar-refractivity contribution in [1.29, 1.82) is 0 Å². The number of hydrogen-bond acceptors (Lipinski definition) is 3. The maximum Gasteiger partial charge on any atom is 0.243 e. The molecular weight excluding hydrogens is 357 g/mol. The molecule has 0 radical (unpaired) electrons. The van der Waals surface area contributed by atoms with Crippen LogP contribution < -0.4 is 10.2 Å². The van der Waals surface area contributed by atoms with E-state index in [2.05, 4.69) is 5.32 Å². The molecule has 0 bridgehead atoms. The third-order valence-corrected chi connectivity index (χ3v) is 5.51. The monoisotopic (exact) mass is 381 g/mol. The fourth-order valence-electron chi connectivity index (χ4n) is 4.10. The molecule has 6 heteroatoms. The summed E-state index contributed by atoms with van der Waals surface area (Å²) in [5.74, 6) is -0.441. The molecule has 0 spiro atoms. The first-order chi connectivity index (χ1) is 13.6. The van der Waals surface area contributed by atoms with E-state index in [9.17, 15) is 14.0 Å². The zero-order chi connectivity index (χ0) is 19.5. The van der Waals surface area contributed by atoms with E-state index in [1.165, 1.54) is 12.1 Å². The summed E-state index contributed by atoms with van der Waals surface area (Å²) in [5.41, 5.74) is 2.70. The molecule has 5 nitrogen and oxygen atoms in total. The average Bonchev–Trinajstić information content (AvgIpc) is 2.87. The van der Waals surface area contributed by atoms with Crippen molar-refractivity contribution < 1.29 is 14.0 Å². The van der Waals surface area contributed by atoms with Gasteiger partial charge in [0.1, 0.15) is 12.4 Å². The smallest absolute Gasteiger partial charge is 0.243 e. The fraction of sp³-hybridized carbons (Fsp3) is 0.364. The maximum absolute atomic E-state index is 13.7. The Hall–Kier alpha value is -2.73. The number of carbonyl (C=O) groups is 2. The zero-order valence-electron chi connectivity index (χ0n) is 15.7. The van der Waals surface area contributed by atoms with Crippen LogP contribution in [0.2, 0.25) is 0 Å². The van der Waals surface area contributed by atoms with Crippen molar-refractivity contribution in [2.75, 3.05) is 31.1 Å². The Kier molecular flexibility index (Phi) is 5.39. The summed E-state index contributed by atoms with van der Waals surface area (Å²) in [5, 5.41) is 3.28. The minimum atomic E-state index is -0.313. The van der Waals surface area contributed by atoms with E-state index in [-0.39, 0.29) is 30.2 Å². The van der Waals surface area contributed by atoms with Crippen LogP contribution >= 0.6 is 0 Å². The summed E-state index contributed by atoms with van der Waals surface area (Å²) in [4.78, 5) is 29.3. The predicted molar refractivity (Wildman–Crippen MR) is 105 cm³/mol. The lowest BCUT2D eigenvalue weighted by Crippen LogP contribution is -2.52. The van der Waals surface area contributed by atoms with Gasteiger partial charge in [0.2, 0.25) is 11.8 Å². The van der Waals surface area contributed by atoms with Gasteiger partial charge in [0, 0.05) is 31.7 Å². The Labute approximate surface area is 164 Å². The lowest BCUT2D eigenvalue weighted by atomic mass is 10.0. The van der Waals surface area contributed by atoms with Gasteiger partial charge in [-0.15, -0.1) is 0 Å². The first-order valence-electron chi connectivity index (χ1n) is 9.77. The summed E-state index contributed by atoms with van der Waals surface area (Å²) >= 11 is 0. The number of aryl methyl sites for hydroxylation is 1. The van der Waals surface area contributed by atoms with Crippen molar-refractivity contribution >= 4 is 17.5 Å². The molecule has 0 aromatic heterocycles. The lowest BCUT2D eigenvalue weighted by molar-refractivity contribution is -0.134. The van der Waals surface area contributed by atoms with E-state index >= 15 is 0 Å². The molecule has 2 amide bonds. The lowest BCUT2D eigenvalue weighted by Gasteiger charge is -2.38. The van der Waals surface area contributed by atoms with Crippen molar-refractivity contribution in [1.82, 2.24) is 10.2 Å². The van der Waals surface area contributed by atoms with Gasteiger partial charge in [0.05, 0.1) is 6.04 Å². The number of fused-ring (bicyclic) bond motifs is 1. The summed E-state index contributed by atoms with van der Waals surface area (Å²) in [6.07, 6.45) is 2.07. The van der Waals surface area contributed by atoms with Crippen LogP contribution in [0.25, 0.3) is 0 Å². The number of anilines is 1. The number of para-hydroxylation sites is 1. The second-order valence-electron chi connectivity index (χ2n) is 7.32. The highest BCUT2D eigenvalue weighted by atomic mass is 19.1. The van der Waals surface area contributed by atoms with Crippen LogP contribution in [-0.2, 0) is 16.0 Å². The van der Waals surface area contributed by atoms with E-state index in [0.29, 0.717) is 26.1 Å². The number of hydrogen-bond donors (Lipinski definition) is 1. The standard InChI is InChI=1S/C22H24FN3O2/c23-18-8-3-7-17(13-18)20-14-24-11-12-25(20)22(28)15-26-19-9-2-1-5-16(19)6-4-10-21(26)27/h1-3,5,7-9,13,20,24H,4,6,10-12,14-15H2. The van der Waals surface area contributed by atoms with Gasteiger partial charge >= 0.3 is 0 Å². The largest absolute Gasteiger partial charge is 0.332 e. The minimum Gasteiger partial charge on any atom is -0.332 e. The third kappa shape index (κ3) is 3.78. The topological polar surface area (TPSA) is 52.7 Å². The molecule has 1 saturated heterocycles. The number of nitrogens with one attached hydrogen (secondary N) is 1. The third-order valence-electron chi connectivity index (χ3n) is 5.51. The predicted octanol–water partition coefficient (Wildman–Crippen LogP) is 2.67. The number of benzene rings is 2. The van der Waals surface area contributed by atoms with Crippen LogP contribution in [0.3, 0.4) is 0 Å². The summed E-state index contributed by atoms with van der Waals surface area (Å²) in [7, 11) is 0. The average molecular weight is 381 g/mol. The van der Waals surface area contributed by atoms with E-state index in [4.69, 9.17) is 0 Å². The highest BCUT2D eigenvalue weighted by molar-refractivity contribution is 6.00. The molecule has 2 aliphatic heterocycles. The first-order valence-corrected chi connectivity index (χ1v) is 9.77. The SMILES string of the molecule is O=C1CCCc2ccccc2N1CC(=O)N1CCNCC1c1cccc(F)c1. The number of rotatable bonds is 3. The number of halogens is 1. The van der Waals surface area contributed by atoms with Crippen molar-refractivity contribution in [3.05, 3.63) is 65.5 Å². The Balaban J connectivity index is 1.58. The Bertz CT molecular complexity index is 886. The number of carbonyl (C=O) groups excluding carboxylic acids is 2. The summed E-state index contributed by atoms with van der Waals surface area (Å²) < 4.78 is 13.7. The van der Waals surface area contributed by atoms with Crippen LogP contribution in [-0.4, -0.2) is 42.9 Å². The van der Waals surface area contributed by atoms with Gasteiger partial charge in [0.25, 0.3) is 0 Å². The van der Waals surface area contributed by atoms with Gasteiger partial charge < -0.3 is 15.1 Å². The van der Waals surface area contributed by atoms with E-state index in [1.54, 1.807) is 15.9 Å². The molecule has 146 valence electrons. The Morgan fingerprint density at radius 1 is 1.14 bits per heavy atom. The van der Waals surface area contributed by atoms with Crippen molar-refractivity contribution in [3.8, 4) is 0 Å². The van der Waals surface area contributed by atoms with Gasteiger partial charge in [-0.05, 0) is 42.2 Å². The molecule has 28 heavy (non-hydrogen) atoms. The van der Waals surface area contributed by atoms with Crippen LogP contribution in [0.15, 0.2) is 48.5 Å². The maximum atomic E-state index is 13.7. The fourth-order valence-corrected chi connectivity index (χ4v) is 4.10. The molecule has 1 fully saturated rings. The molecule has 2 heterocycles. The summed E-state index contributed by atoms with van der Waals surface area (Å²) in [6, 6.07) is 13.9. The molecule has 1 atom stereocenters. The van der Waals surface area contributed by atoms with E-state index in [1.807, 2.05) is 30.3 Å². The highest BCUT2D eigenvalue weighted by Crippen LogP contribution is 2.28. The quantitative estimate of drug-likeness (QED) is 0.889. The second kappa shape index (κ2) is 8.10. The zero-order valence-corrected chi connectivity index (χ0v) is 15.7. The molecule has 0 saturated carbocycles. The van der Waals surface area contributed by atoms with Gasteiger partial charge in [-0.1, -0.05) is 30.3 Å². The van der Waals surface area contributed by atoms with E-state index < -0.39 is 0 Å². The molecular formula is C22H24FN3O2. The van der Waals surface area contributed by atoms with Crippen LogP contribution in [0.4, 0.5) is 10.1 Å². The van der Waals surface area contributed by atoms with Crippen LogP contribution in [0, 0.1) is 5.82 Å². The molecule has 1 unspecified atom stereocenters. The second-order valence-corrected chi connectivity index (χ2v) is 7.32. The number of nitrogens with zero attached hydrogens (tertiary/aromatic N) is 2. The normalized spacial score (nSPS) is 19.9. The minimum absolute atomic E-state index is 0.0155. The van der Waals surface area contributed by atoms with Gasteiger partial charge in [0.15, 0.2) is 0 Å². The number of piperazine rings is 1. The number of amides is 2. The van der Waals surface area contributed by atoms with Crippen molar-refractivity contribution in [3.63, 3.8) is 0 Å². The Morgan fingerprint density at radius 2 is 2.00 bits per heavy atom. The molecule has 1 N–H and O–H groups in total. The first kappa shape index (κ1) is 18.6. The van der Waals surface area contributed by atoms with Crippen molar-refractivity contribution in [2.45, 2.75) is 25.3 Å². The highest BCUT2D eigenvalue weighted by Gasteiger charge is 2.31. The van der Waals surface area contributed by atoms with E-state index in [0.717, 1.165) is 29.7 Å². The Morgan fingerprint density at radius 3 is 2.86 bits per heavy atom. The van der Waals surface area contributed by atoms with Gasteiger partial charge in [-0.25, -0.2) is 4.39 Å². The molecule has 0 aliphatic carbocycles. The van der Waals surface area contributed by atoms with Gasteiger partial charge in [-0.2, -0.15) is 0 Å². The summed E-state index contributed by atoms with van der Waals surface area (Å²) in [6.45, 7) is 1.80. The molecule has 4 rings (SSSR count).